The minimum Gasteiger partial charge on any atom is -0.331 e. The molecule has 1 N–H and O–H groups in total. The number of aromatic nitrogens is 3. The highest BCUT2D eigenvalue weighted by Crippen LogP contribution is 2.42. The van der Waals surface area contributed by atoms with Crippen molar-refractivity contribution in [1.29, 1.82) is 0 Å². The number of carbonyl (C=O) groups is 2. The fourth-order valence-electron chi connectivity index (χ4n) is 3.34. The van der Waals surface area contributed by atoms with E-state index in [4.69, 9.17) is 0 Å². The summed E-state index contributed by atoms with van der Waals surface area (Å²) in [7, 11) is 1.47. The van der Waals surface area contributed by atoms with Crippen LogP contribution in [0.5, 0.6) is 0 Å². The molecule has 3 aromatic rings. The molecule has 7 nitrogen and oxygen atoms in total. The minimum absolute atomic E-state index is 0.0210. The molecule has 0 spiro atoms. The van der Waals surface area contributed by atoms with Gasteiger partial charge in [0.25, 0.3) is 5.91 Å². The summed E-state index contributed by atoms with van der Waals surface area (Å²) < 4.78 is 28.3. The van der Waals surface area contributed by atoms with Crippen LogP contribution in [0, 0.1) is 18.6 Å². The first-order valence-electron chi connectivity index (χ1n) is 9.86. The number of nitrogens with zero attached hydrogens (tertiary/aromatic N) is 4. The predicted molar refractivity (Wildman–Crippen MR) is 110 cm³/mol. The Morgan fingerprint density at radius 3 is 2.39 bits per heavy atom. The van der Waals surface area contributed by atoms with Gasteiger partial charge in [0, 0.05) is 24.7 Å². The van der Waals surface area contributed by atoms with Gasteiger partial charge in [-0.15, -0.1) is 5.10 Å². The van der Waals surface area contributed by atoms with Crippen molar-refractivity contribution in [3.05, 3.63) is 71.1 Å². The number of nitrogens with one attached hydrogen (secondary N) is 1. The number of rotatable bonds is 6. The second-order valence-corrected chi connectivity index (χ2v) is 7.71. The summed E-state index contributed by atoms with van der Waals surface area (Å²) in [5.74, 6) is -2.45. The molecular formula is C22H21F2N5O2. The van der Waals surface area contributed by atoms with Crippen molar-refractivity contribution in [3.8, 4) is 5.69 Å². The third kappa shape index (κ3) is 4.60. The normalized spacial score (nSPS) is 13.2. The zero-order valence-corrected chi connectivity index (χ0v) is 17.1. The average Bonchev–Trinajstić information content (AvgIpc) is 3.45. The molecule has 4 rings (SSSR count). The molecule has 0 unspecified atom stereocenters. The zero-order chi connectivity index (χ0) is 22.1. The molecule has 160 valence electrons. The number of halogens is 2. The highest BCUT2D eigenvalue weighted by atomic mass is 19.1. The van der Waals surface area contributed by atoms with Gasteiger partial charge in [-0.2, -0.15) is 0 Å². The van der Waals surface area contributed by atoms with E-state index in [1.165, 1.54) is 11.9 Å². The summed E-state index contributed by atoms with van der Waals surface area (Å²) in [6.07, 6.45) is 1.88. The molecule has 9 heteroatoms. The van der Waals surface area contributed by atoms with Crippen LogP contribution in [-0.2, 0) is 4.79 Å². The third-order valence-corrected chi connectivity index (χ3v) is 5.02. The van der Waals surface area contributed by atoms with Crippen LogP contribution < -0.4 is 5.32 Å². The van der Waals surface area contributed by atoms with Gasteiger partial charge in [0.05, 0.1) is 17.9 Å². The van der Waals surface area contributed by atoms with Gasteiger partial charge in [0.1, 0.15) is 11.6 Å². The van der Waals surface area contributed by atoms with Crippen LogP contribution >= 0.6 is 0 Å². The number of amides is 2. The molecule has 1 aromatic heterocycles. The van der Waals surface area contributed by atoms with E-state index in [1.807, 2.05) is 31.2 Å². The second-order valence-electron chi connectivity index (χ2n) is 7.71. The number of aryl methyl sites for hydroxylation is 1. The zero-order valence-electron chi connectivity index (χ0n) is 17.1. The van der Waals surface area contributed by atoms with Gasteiger partial charge >= 0.3 is 0 Å². The second kappa shape index (κ2) is 8.25. The summed E-state index contributed by atoms with van der Waals surface area (Å²) >= 11 is 0. The Morgan fingerprint density at radius 2 is 1.77 bits per heavy atom. The summed E-state index contributed by atoms with van der Waals surface area (Å²) in [5, 5.41) is 10.7. The average molecular weight is 425 g/mol. The van der Waals surface area contributed by atoms with Crippen molar-refractivity contribution in [2.75, 3.05) is 18.9 Å². The summed E-state index contributed by atoms with van der Waals surface area (Å²) in [5.41, 5.74) is 2.83. The fraction of sp³-hybridized carbons (Fsp3) is 0.273. The van der Waals surface area contributed by atoms with E-state index in [1.54, 1.807) is 4.68 Å². The number of hydrogen-bond acceptors (Lipinski definition) is 4. The van der Waals surface area contributed by atoms with Gasteiger partial charge in [-0.1, -0.05) is 22.9 Å². The lowest BCUT2D eigenvalue weighted by atomic mass is 10.2. The Morgan fingerprint density at radius 1 is 1.13 bits per heavy atom. The Labute approximate surface area is 177 Å². The first-order valence-corrected chi connectivity index (χ1v) is 9.86. The largest absolute Gasteiger partial charge is 0.331 e. The Balaban J connectivity index is 1.51. The van der Waals surface area contributed by atoms with Crippen LogP contribution in [0.25, 0.3) is 5.69 Å². The molecule has 0 bridgehead atoms. The maximum atomic E-state index is 13.3. The highest BCUT2D eigenvalue weighted by Gasteiger charge is 2.35. The smallest absolute Gasteiger partial charge is 0.276 e. The third-order valence-electron chi connectivity index (χ3n) is 5.02. The molecule has 1 fully saturated rings. The van der Waals surface area contributed by atoms with E-state index in [9.17, 15) is 18.4 Å². The van der Waals surface area contributed by atoms with Crippen LogP contribution in [0.4, 0.5) is 14.5 Å². The Hall–Kier alpha value is -3.62. The van der Waals surface area contributed by atoms with Crippen LogP contribution in [-0.4, -0.2) is 45.3 Å². The lowest BCUT2D eigenvalue weighted by molar-refractivity contribution is -0.116. The molecular weight excluding hydrogens is 404 g/mol. The topological polar surface area (TPSA) is 80.1 Å². The van der Waals surface area contributed by atoms with Gasteiger partial charge in [-0.3, -0.25) is 9.59 Å². The molecule has 0 saturated heterocycles. The van der Waals surface area contributed by atoms with Crippen LogP contribution in [0.15, 0.2) is 42.5 Å². The van der Waals surface area contributed by atoms with Gasteiger partial charge < -0.3 is 10.2 Å². The monoisotopic (exact) mass is 425 g/mol. The standard InChI is InChI=1S/C22H21F2N5O2/c1-13-3-7-18(8-4-13)29-21(14-5-6-14)20(26-27-29)22(31)28(2)12-19(30)25-17-10-15(23)9-16(24)11-17/h3-4,7-11,14H,5-6,12H2,1-2H3,(H,25,30). The highest BCUT2D eigenvalue weighted by molar-refractivity contribution is 5.99. The lowest BCUT2D eigenvalue weighted by Gasteiger charge is -2.16. The van der Waals surface area contributed by atoms with Crippen molar-refractivity contribution in [2.24, 2.45) is 0 Å². The van der Waals surface area contributed by atoms with Crippen LogP contribution in [0.1, 0.15) is 40.5 Å². The first kappa shape index (κ1) is 20.6. The molecule has 1 aliphatic carbocycles. The number of carbonyl (C=O) groups excluding carboxylic acids is 2. The van der Waals surface area contributed by atoms with E-state index < -0.39 is 23.4 Å². The molecule has 0 atom stereocenters. The lowest BCUT2D eigenvalue weighted by Crippen LogP contribution is -2.35. The Kier molecular flexibility index (Phi) is 5.50. The van der Waals surface area contributed by atoms with E-state index in [0.717, 1.165) is 41.9 Å². The summed E-state index contributed by atoms with van der Waals surface area (Å²) in [6, 6.07) is 10.5. The Bertz CT molecular complexity index is 1120. The predicted octanol–water partition coefficient (Wildman–Crippen LogP) is 3.44. The van der Waals surface area contributed by atoms with Gasteiger partial charge in [-0.05, 0) is 44.0 Å². The molecule has 1 aliphatic rings. The number of benzene rings is 2. The molecule has 31 heavy (non-hydrogen) atoms. The first-order chi connectivity index (χ1) is 14.8. The number of hydrogen-bond donors (Lipinski definition) is 1. The van der Waals surface area contributed by atoms with Gasteiger partial charge in [0.15, 0.2) is 5.69 Å². The van der Waals surface area contributed by atoms with Crippen LogP contribution in [0.3, 0.4) is 0 Å². The summed E-state index contributed by atoms with van der Waals surface area (Å²) in [6.45, 7) is 1.68. The molecule has 1 saturated carbocycles. The van der Waals surface area contributed by atoms with Gasteiger partial charge in [0.2, 0.25) is 5.91 Å². The minimum atomic E-state index is -0.804. The maximum absolute atomic E-state index is 13.3. The van der Waals surface area contributed by atoms with E-state index >= 15 is 0 Å². The molecule has 0 aliphatic heterocycles. The molecule has 2 amide bonds. The maximum Gasteiger partial charge on any atom is 0.276 e. The van der Waals surface area contributed by atoms with Crippen molar-refractivity contribution in [3.63, 3.8) is 0 Å². The van der Waals surface area contributed by atoms with Crippen molar-refractivity contribution in [2.45, 2.75) is 25.7 Å². The molecule has 1 heterocycles. The molecule has 2 aromatic carbocycles. The van der Waals surface area contributed by atoms with Crippen molar-refractivity contribution in [1.82, 2.24) is 19.9 Å². The number of likely N-dealkylation sites (N-methyl/N-ethyl adjacent to an activating group) is 1. The van der Waals surface area contributed by atoms with Crippen molar-refractivity contribution >= 4 is 17.5 Å². The van der Waals surface area contributed by atoms with E-state index in [0.29, 0.717) is 6.07 Å². The quantitative estimate of drug-likeness (QED) is 0.656. The SMILES string of the molecule is Cc1ccc(-n2nnc(C(=O)N(C)CC(=O)Nc3cc(F)cc(F)c3)c2C2CC2)cc1. The van der Waals surface area contributed by atoms with Crippen molar-refractivity contribution < 1.29 is 18.4 Å². The van der Waals surface area contributed by atoms with Crippen LogP contribution in [0.2, 0.25) is 0 Å². The van der Waals surface area contributed by atoms with Gasteiger partial charge in [-0.25, -0.2) is 13.5 Å². The fourth-order valence-corrected chi connectivity index (χ4v) is 3.34. The van der Waals surface area contributed by atoms with E-state index in [-0.39, 0.29) is 23.8 Å². The van der Waals surface area contributed by atoms with E-state index in [2.05, 4.69) is 15.6 Å². The molecule has 0 radical (unpaired) electrons. The summed E-state index contributed by atoms with van der Waals surface area (Å²) in [4.78, 5) is 26.5. The number of anilines is 1.